The average molecular weight is 315 g/mol. The molecule has 0 N–H and O–H groups in total. The Balaban J connectivity index is 1.99. The number of imidazole rings is 1. The number of nitrogens with zero attached hydrogens (tertiary/aromatic N) is 4. The van der Waals surface area contributed by atoms with Crippen LogP contribution in [0.4, 0.5) is 5.82 Å². The molecule has 0 atom stereocenters. The monoisotopic (exact) mass is 315 g/mol. The van der Waals surface area contributed by atoms with Gasteiger partial charge in [0.1, 0.15) is 6.07 Å². The Labute approximate surface area is 140 Å². The van der Waals surface area contributed by atoms with Crippen LogP contribution in [0.15, 0.2) is 65.9 Å². The summed E-state index contributed by atoms with van der Waals surface area (Å²) in [5.41, 5.74) is 2.66. The minimum absolute atomic E-state index is 0.145. The first-order valence-electron chi connectivity index (χ1n) is 7.49. The maximum Gasteiger partial charge on any atom is 0.185 e. The van der Waals surface area contributed by atoms with Crippen molar-refractivity contribution >= 4 is 11.7 Å². The number of aliphatic imine (C=N–C) groups is 1. The lowest BCUT2D eigenvalue weighted by molar-refractivity contribution is -0.212. The SMILES string of the molecule is Cc1cccc(/C([O-])=N/c2c(C#N)ncn2Cc2ccccc2)c1. The fourth-order valence-corrected chi connectivity index (χ4v) is 2.41. The highest BCUT2D eigenvalue weighted by Gasteiger charge is 2.10. The van der Waals surface area contributed by atoms with Gasteiger partial charge in [0.05, 0.1) is 12.9 Å². The lowest BCUT2D eigenvalue weighted by atomic mass is 10.1. The summed E-state index contributed by atoms with van der Waals surface area (Å²) < 4.78 is 1.71. The van der Waals surface area contributed by atoms with Crippen LogP contribution in [0, 0.1) is 18.3 Å². The van der Waals surface area contributed by atoms with Gasteiger partial charge >= 0.3 is 0 Å². The zero-order chi connectivity index (χ0) is 16.9. The number of nitriles is 1. The van der Waals surface area contributed by atoms with E-state index in [4.69, 9.17) is 0 Å². The van der Waals surface area contributed by atoms with Crippen LogP contribution >= 0.6 is 0 Å². The lowest BCUT2D eigenvalue weighted by Gasteiger charge is -2.13. The van der Waals surface area contributed by atoms with Crippen molar-refractivity contribution in [3.8, 4) is 6.07 Å². The molecule has 0 fully saturated rings. The highest BCUT2D eigenvalue weighted by Crippen LogP contribution is 2.20. The quantitative estimate of drug-likeness (QED) is 0.548. The molecule has 1 aromatic heterocycles. The summed E-state index contributed by atoms with van der Waals surface area (Å²) in [7, 11) is 0. The average Bonchev–Trinajstić information content (AvgIpc) is 2.97. The summed E-state index contributed by atoms with van der Waals surface area (Å²) in [5.74, 6) is -0.0992. The molecule has 5 heteroatoms. The second kappa shape index (κ2) is 6.80. The fraction of sp³-hybridized carbons (Fsp3) is 0.105. The van der Waals surface area contributed by atoms with Crippen molar-refractivity contribution < 1.29 is 5.11 Å². The van der Waals surface area contributed by atoms with Crippen molar-refractivity contribution in [3.05, 3.63) is 83.3 Å². The third-order valence-corrected chi connectivity index (χ3v) is 3.58. The molecule has 0 aliphatic heterocycles. The molecule has 24 heavy (non-hydrogen) atoms. The molecule has 0 radical (unpaired) electrons. The van der Waals surface area contributed by atoms with Gasteiger partial charge in [-0.05, 0) is 23.9 Å². The molecule has 3 aromatic rings. The fourth-order valence-electron chi connectivity index (χ4n) is 2.41. The molecule has 0 bridgehead atoms. The van der Waals surface area contributed by atoms with E-state index in [2.05, 4.69) is 9.98 Å². The number of hydrogen-bond donors (Lipinski definition) is 0. The maximum atomic E-state index is 12.4. The third-order valence-electron chi connectivity index (χ3n) is 3.58. The van der Waals surface area contributed by atoms with E-state index in [1.807, 2.05) is 55.5 Å². The van der Waals surface area contributed by atoms with Gasteiger partial charge in [-0.15, -0.1) is 0 Å². The van der Waals surface area contributed by atoms with Gasteiger partial charge in [0, 0.05) is 0 Å². The summed E-state index contributed by atoms with van der Waals surface area (Å²) in [5, 5.41) is 21.6. The smallest absolute Gasteiger partial charge is 0.185 e. The maximum absolute atomic E-state index is 12.4. The van der Waals surface area contributed by atoms with Gasteiger partial charge in [-0.25, -0.2) is 9.98 Å². The zero-order valence-electron chi connectivity index (χ0n) is 13.2. The standard InChI is InChI=1S/C19H16N4O/c1-14-6-5-9-16(10-14)19(24)22-18-17(11-20)21-13-23(18)12-15-7-3-2-4-8-15/h2-10,13H,12H2,1H3,(H,22,24)/p-1. The van der Waals surface area contributed by atoms with Gasteiger partial charge in [-0.1, -0.05) is 60.2 Å². The van der Waals surface area contributed by atoms with Crippen LogP contribution in [0.1, 0.15) is 22.4 Å². The molecule has 0 saturated carbocycles. The van der Waals surface area contributed by atoms with Crippen molar-refractivity contribution in [2.45, 2.75) is 13.5 Å². The van der Waals surface area contributed by atoms with Crippen LogP contribution in [-0.4, -0.2) is 15.4 Å². The molecule has 0 aliphatic rings. The Kier molecular flexibility index (Phi) is 4.39. The van der Waals surface area contributed by atoms with Gasteiger partial charge in [0.25, 0.3) is 0 Å². The number of rotatable bonds is 4. The summed E-state index contributed by atoms with van der Waals surface area (Å²) in [6, 6.07) is 19.0. The summed E-state index contributed by atoms with van der Waals surface area (Å²) >= 11 is 0. The van der Waals surface area contributed by atoms with Crippen molar-refractivity contribution in [1.82, 2.24) is 9.55 Å². The summed E-state index contributed by atoms with van der Waals surface area (Å²) in [6.07, 6.45) is 1.54. The molecule has 0 aliphatic carbocycles. The minimum atomic E-state index is -0.384. The predicted molar refractivity (Wildman–Crippen MR) is 89.9 cm³/mol. The molecule has 118 valence electrons. The van der Waals surface area contributed by atoms with E-state index in [-0.39, 0.29) is 17.4 Å². The van der Waals surface area contributed by atoms with Crippen LogP contribution < -0.4 is 5.11 Å². The first kappa shape index (κ1) is 15.5. The second-order valence-corrected chi connectivity index (χ2v) is 5.43. The van der Waals surface area contributed by atoms with E-state index in [0.29, 0.717) is 12.1 Å². The molecule has 0 unspecified atom stereocenters. The molecule has 1 heterocycles. The highest BCUT2D eigenvalue weighted by molar-refractivity contribution is 5.92. The Morgan fingerprint density at radius 2 is 2.00 bits per heavy atom. The number of benzene rings is 2. The summed E-state index contributed by atoms with van der Waals surface area (Å²) in [4.78, 5) is 8.19. The van der Waals surface area contributed by atoms with Crippen LogP contribution in [0.2, 0.25) is 0 Å². The largest absolute Gasteiger partial charge is 0.858 e. The van der Waals surface area contributed by atoms with Crippen molar-refractivity contribution in [2.75, 3.05) is 0 Å². The van der Waals surface area contributed by atoms with E-state index in [1.165, 1.54) is 6.33 Å². The van der Waals surface area contributed by atoms with Gasteiger partial charge < -0.3 is 9.67 Å². The molecule has 3 rings (SSSR count). The minimum Gasteiger partial charge on any atom is -0.858 e. The van der Waals surface area contributed by atoms with Crippen LogP contribution in [-0.2, 0) is 6.54 Å². The van der Waals surface area contributed by atoms with E-state index < -0.39 is 0 Å². The van der Waals surface area contributed by atoms with Gasteiger partial charge in [-0.2, -0.15) is 5.26 Å². The first-order valence-corrected chi connectivity index (χ1v) is 7.49. The Morgan fingerprint density at radius 3 is 2.71 bits per heavy atom. The molecule has 5 nitrogen and oxygen atoms in total. The topological polar surface area (TPSA) is 77.0 Å². The van der Waals surface area contributed by atoms with E-state index in [9.17, 15) is 10.4 Å². The van der Waals surface area contributed by atoms with E-state index in [1.54, 1.807) is 16.7 Å². The van der Waals surface area contributed by atoms with Crippen molar-refractivity contribution in [2.24, 2.45) is 4.99 Å². The van der Waals surface area contributed by atoms with Crippen LogP contribution in [0.5, 0.6) is 0 Å². The molecular weight excluding hydrogens is 300 g/mol. The van der Waals surface area contributed by atoms with Crippen LogP contribution in [0.3, 0.4) is 0 Å². The number of hydrogen-bond acceptors (Lipinski definition) is 4. The van der Waals surface area contributed by atoms with Gasteiger partial charge in [-0.3, -0.25) is 0 Å². The van der Waals surface area contributed by atoms with Gasteiger partial charge in [0.15, 0.2) is 11.5 Å². The van der Waals surface area contributed by atoms with E-state index >= 15 is 0 Å². The first-order chi connectivity index (χ1) is 11.7. The Bertz CT molecular complexity index is 920. The third kappa shape index (κ3) is 3.33. The van der Waals surface area contributed by atoms with Gasteiger partial charge in [0.2, 0.25) is 0 Å². The van der Waals surface area contributed by atoms with Crippen molar-refractivity contribution in [1.29, 1.82) is 5.26 Å². The predicted octanol–water partition coefficient (Wildman–Crippen LogP) is 2.55. The molecule has 0 amide bonds. The van der Waals surface area contributed by atoms with Crippen molar-refractivity contribution in [3.63, 3.8) is 0 Å². The van der Waals surface area contributed by atoms with Crippen LogP contribution in [0.25, 0.3) is 0 Å². The number of aryl methyl sites for hydroxylation is 1. The number of aromatic nitrogens is 2. The molecule has 2 aromatic carbocycles. The second-order valence-electron chi connectivity index (χ2n) is 5.43. The lowest BCUT2D eigenvalue weighted by Crippen LogP contribution is -2.19. The molecule has 0 spiro atoms. The Hall–Kier alpha value is -3.39. The molecular formula is C19H15N4O-. The summed E-state index contributed by atoms with van der Waals surface area (Å²) in [6.45, 7) is 2.41. The highest BCUT2D eigenvalue weighted by atomic mass is 16.3. The normalized spacial score (nSPS) is 11.2. The Morgan fingerprint density at radius 1 is 1.21 bits per heavy atom. The van der Waals surface area contributed by atoms with E-state index in [0.717, 1.165) is 11.1 Å². The molecule has 0 saturated heterocycles. The zero-order valence-corrected chi connectivity index (χ0v) is 13.2.